The molecule has 0 aliphatic carbocycles. The second-order valence-corrected chi connectivity index (χ2v) is 7.00. The molecule has 2 aromatic rings. The molecule has 5 atom stereocenters. The molecule has 7 heteroatoms. The van der Waals surface area contributed by atoms with Gasteiger partial charge in [-0.3, -0.25) is 0 Å². The van der Waals surface area contributed by atoms with Crippen molar-refractivity contribution in [2.75, 3.05) is 13.7 Å². The normalized spacial score (nSPS) is 26.1. The molecule has 2 aromatic carbocycles. The number of methoxy groups -OCH3 is 1. The molecule has 0 aromatic heterocycles. The van der Waals surface area contributed by atoms with Crippen molar-refractivity contribution in [3.05, 3.63) is 64.2 Å². The first-order chi connectivity index (χ1) is 13.0. The van der Waals surface area contributed by atoms with Crippen molar-refractivity contribution in [3.8, 4) is 5.75 Å². The molecule has 146 valence electrons. The van der Waals surface area contributed by atoms with E-state index in [1.54, 1.807) is 19.2 Å². The van der Waals surface area contributed by atoms with Gasteiger partial charge in [-0.15, -0.1) is 0 Å². The molecular formula is C20H23ClO6. The van der Waals surface area contributed by atoms with E-state index >= 15 is 0 Å². The second kappa shape index (κ2) is 8.56. The SMILES string of the molecule is COc1ccccc1Cc1cc([C@@H]2O[C@H]([C@H](O)CO)[C@H](O)[C@H]2O)ccc1Cl. The van der Waals surface area contributed by atoms with Crippen molar-refractivity contribution in [3.63, 3.8) is 0 Å². The molecule has 0 radical (unpaired) electrons. The van der Waals surface area contributed by atoms with Crippen LogP contribution in [0.2, 0.25) is 5.02 Å². The second-order valence-electron chi connectivity index (χ2n) is 6.59. The molecule has 0 spiro atoms. The van der Waals surface area contributed by atoms with E-state index in [0.29, 0.717) is 17.0 Å². The van der Waals surface area contributed by atoms with Crippen molar-refractivity contribution in [2.45, 2.75) is 36.9 Å². The third-order valence-electron chi connectivity index (χ3n) is 4.84. The van der Waals surface area contributed by atoms with Gasteiger partial charge in [0.25, 0.3) is 0 Å². The molecule has 0 bridgehead atoms. The van der Waals surface area contributed by atoms with E-state index in [1.807, 2.05) is 30.3 Å². The highest BCUT2D eigenvalue weighted by atomic mass is 35.5. The molecule has 3 rings (SSSR count). The van der Waals surface area contributed by atoms with Crippen LogP contribution in [-0.4, -0.2) is 58.6 Å². The Kier molecular flexibility index (Phi) is 6.37. The molecule has 4 N–H and O–H groups in total. The van der Waals surface area contributed by atoms with Crippen LogP contribution in [0.1, 0.15) is 22.8 Å². The van der Waals surface area contributed by atoms with Crippen molar-refractivity contribution >= 4 is 11.6 Å². The summed E-state index contributed by atoms with van der Waals surface area (Å²) in [5.41, 5.74) is 2.40. The average molecular weight is 395 g/mol. The van der Waals surface area contributed by atoms with Crippen LogP contribution in [0.15, 0.2) is 42.5 Å². The highest BCUT2D eigenvalue weighted by Gasteiger charge is 2.46. The Balaban J connectivity index is 1.87. The van der Waals surface area contributed by atoms with Gasteiger partial charge in [0.15, 0.2) is 0 Å². The minimum absolute atomic E-state index is 0.519. The molecule has 1 fully saturated rings. The first-order valence-corrected chi connectivity index (χ1v) is 9.04. The van der Waals surface area contributed by atoms with Crippen LogP contribution >= 0.6 is 11.6 Å². The monoisotopic (exact) mass is 394 g/mol. The summed E-state index contributed by atoms with van der Waals surface area (Å²) in [6, 6.07) is 12.8. The van der Waals surface area contributed by atoms with Gasteiger partial charge in [-0.05, 0) is 28.8 Å². The summed E-state index contributed by atoms with van der Waals surface area (Å²) in [6.07, 6.45) is -5.18. The van der Waals surface area contributed by atoms with Crippen molar-refractivity contribution in [1.29, 1.82) is 0 Å². The quantitative estimate of drug-likeness (QED) is 0.592. The van der Waals surface area contributed by atoms with Gasteiger partial charge in [-0.1, -0.05) is 41.9 Å². The van der Waals surface area contributed by atoms with E-state index < -0.39 is 37.1 Å². The first-order valence-electron chi connectivity index (χ1n) is 8.67. The van der Waals surface area contributed by atoms with Gasteiger partial charge in [0.1, 0.15) is 36.3 Å². The molecule has 1 aliphatic heterocycles. The average Bonchev–Trinajstić information content (AvgIpc) is 2.98. The first kappa shape index (κ1) is 20.1. The third kappa shape index (κ3) is 4.11. The van der Waals surface area contributed by atoms with Gasteiger partial charge in [-0.2, -0.15) is 0 Å². The minimum atomic E-state index is -1.30. The smallest absolute Gasteiger partial charge is 0.122 e. The lowest BCUT2D eigenvalue weighted by Gasteiger charge is -2.19. The Morgan fingerprint density at radius 1 is 1.11 bits per heavy atom. The Morgan fingerprint density at radius 2 is 1.85 bits per heavy atom. The summed E-state index contributed by atoms with van der Waals surface area (Å²) in [5, 5.41) is 39.9. The fourth-order valence-electron chi connectivity index (χ4n) is 3.36. The lowest BCUT2D eigenvalue weighted by molar-refractivity contribution is -0.0820. The van der Waals surface area contributed by atoms with Crippen LogP contribution < -0.4 is 4.74 Å². The third-order valence-corrected chi connectivity index (χ3v) is 5.21. The molecule has 6 nitrogen and oxygen atoms in total. The van der Waals surface area contributed by atoms with Gasteiger partial charge < -0.3 is 29.9 Å². The molecule has 1 saturated heterocycles. The van der Waals surface area contributed by atoms with E-state index in [9.17, 15) is 15.3 Å². The molecule has 0 saturated carbocycles. The fraction of sp³-hybridized carbons (Fsp3) is 0.400. The molecule has 1 heterocycles. The number of aliphatic hydroxyl groups is 4. The maximum Gasteiger partial charge on any atom is 0.122 e. The summed E-state index contributed by atoms with van der Waals surface area (Å²) in [5.74, 6) is 0.748. The summed E-state index contributed by atoms with van der Waals surface area (Å²) < 4.78 is 11.0. The summed E-state index contributed by atoms with van der Waals surface area (Å²) in [4.78, 5) is 0. The van der Waals surface area contributed by atoms with E-state index in [-0.39, 0.29) is 0 Å². The van der Waals surface area contributed by atoms with Crippen LogP contribution in [0.3, 0.4) is 0 Å². The molecular weight excluding hydrogens is 372 g/mol. The zero-order valence-corrected chi connectivity index (χ0v) is 15.6. The highest BCUT2D eigenvalue weighted by molar-refractivity contribution is 6.31. The molecule has 0 amide bonds. The van der Waals surface area contributed by atoms with Gasteiger partial charge in [-0.25, -0.2) is 0 Å². The molecule has 0 unspecified atom stereocenters. The van der Waals surface area contributed by atoms with Crippen molar-refractivity contribution in [1.82, 2.24) is 0 Å². The van der Waals surface area contributed by atoms with Gasteiger partial charge in [0.05, 0.1) is 13.7 Å². The lowest BCUT2D eigenvalue weighted by atomic mass is 9.96. The number of aliphatic hydroxyl groups excluding tert-OH is 4. The van der Waals surface area contributed by atoms with Crippen LogP contribution in [-0.2, 0) is 11.2 Å². The van der Waals surface area contributed by atoms with Crippen LogP contribution in [0.25, 0.3) is 0 Å². The van der Waals surface area contributed by atoms with E-state index in [0.717, 1.165) is 16.9 Å². The number of hydrogen-bond acceptors (Lipinski definition) is 6. The summed E-state index contributed by atoms with van der Waals surface area (Å²) >= 11 is 6.35. The lowest BCUT2D eigenvalue weighted by Crippen LogP contribution is -2.40. The number of para-hydroxylation sites is 1. The van der Waals surface area contributed by atoms with E-state index in [1.165, 1.54) is 0 Å². The highest BCUT2D eigenvalue weighted by Crippen LogP contribution is 2.37. The Labute approximate surface area is 162 Å². The topological polar surface area (TPSA) is 99.4 Å². The zero-order chi connectivity index (χ0) is 19.6. The van der Waals surface area contributed by atoms with Crippen molar-refractivity contribution in [2.24, 2.45) is 0 Å². The van der Waals surface area contributed by atoms with Crippen LogP contribution in [0.5, 0.6) is 5.75 Å². The maximum atomic E-state index is 10.3. The fourth-order valence-corrected chi connectivity index (χ4v) is 3.55. The minimum Gasteiger partial charge on any atom is -0.496 e. The number of hydrogen-bond donors (Lipinski definition) is 4. The number of ether oxygens (including phenoxy) is 2. The number of benzene rings is 2. The Morgan fingerprint density at radius 3 is 2.56 bits per heavy atom. The Hall–Kier alpha value is -1.67. The predicted octanol–water partition coefficient (Wildman–Crippen LogP) is 1.45. The van der Waals surface area contributed by atoms with Gasteiger partial charge >= 0.3 is 0 Å². The zero-order valence-electron chi connectivity index (χ0n) is 14.8. The van der Waals surface area contributed by atoms with Crippen LogP contribution in [0.4, 0.5) is 0 Å². The maximum absolute atomic E-state index is 10.3. The van der Waals surface area contributed by atoms with E-state index in [4.69, 9.17) is 26.2 Å². The standard InChI is InChI=1S/C20H23ClO6/c1-26-16-5-3-2-4-11(16)8-13-9-12(6-7-14(13)21)19-17(24)18(25)20(27-19)15(23)10-22/h2-7,9,15,17-20,22-25H,8,10H2,1H3/t15-,17-,18-,19+,20-/m1/s1. The van der Waals surface area contributed by atoms with Crippen molar-refractivity contribution < 1.29 is 29.9 Å². The van der Waals surface area contributed by atoms with Gasteiger partial charge in [0, 0.05) is 11.4 Å². The molecule has 27 heavy (non-hydrogen) atoms. The summed E-state index contributed by atoms with van der Waals surface area (Å²) in [6.45, 7) is -0.569. The summed E-state index contributed by atoms with van der Waals surface area (Å²) in [7, 11) is 1.60. The number of halogens is 1. The predicted molar refractivity (Wildman–Crippen MR) is 100.0 cm³/mol. The van der Waals surface area contributed by atoms with Crippen LogP contribution in [0, 0.1) is 0 Å². The molecule has 1 aliphatic rings. The van der Waals surface area contributed by atoms with Gasteiger partial charge in [0.2, 0.25) is 0 Å². The number of rotatable bonds is 6. The Bertz CT molecular complexity index is 783. The largest absolute Gasteiger partial charge is 0.496 e. The van der Waals surface area contributed by atoms with E-state index in [2.05, 4.69) is 0 Å².